The lowest BCUT2D eigenvalue weighted by atomic mass is 10.2. The van der Waals surface area contributed by atoms with Crippen LogP contribution in [0.5, 0.6) is 5.88 Å². The highest BCUT2D eigenvalue weighted by molar-refractivity contribution is 5.94. The van der Waals surface area contributed by atoms with E-state index in [1.54, 1.807) is 18.3 Å². The van der Waals surface area contributed by atoms with Gasteiger partial charge in [-0.2, -0.15) is 0 Å². The average Bonchev–Trinajstić information content (AvgIpc) is 2.92. The fourth-order valence-electron chi connectivity index (χ4n) is 1.77. The molecule has 0 saturated carbocycles. The Morgan fingerprint density at radius 2 is 2.53 bits per heavy atom. The topological polar surface area (TPSA) is 80.7 Å². The molecular weight excluding hydrogens is 248 g/mol. The van der Waals surface area contributed by atoms with Gasteiger partial charge in [-0.15, -0.1) is 0 Å². The molecule has 1 aromatic rings. The molecule has 1 aliphatic rings. The van der Waals surface area contributed by atoms with Crippen molar-refractivity contribution in [2.75, 3.05) is 26.4 Å². The fourth-order valence-corrected chi connectivity index (χ4v) is 1.77. The van der Waals surface area contributed by atoms with Crippen LogP contribution in [-0.2, 0) is 4.74 Å². The summed E-state index contributed by atoms with van der Waals surface area (Å²) in [5.74, 6) is 0.244. The van der Waals surface area contributed by atoms with E-state index in [0.29, 0.717) is 37.6 Å². The van der Waals surface area contributed by atoms with Crippen LogP contribution in [0.1, 0.15) is 23.2 Å². The molecule has 19 heavy (non-hydrogen) atoms. The molecule has 1 unspecified atom stereocenters. The number of aromatic nitrogens is 1. The van der Waals surface area contributed by atoms with Gasteiger partial charge >= 0.3 is 0 Å². The van der Waals surface area contributed by atoms with Crippen molar-refractivity contribution in [2.24, 2.45) is 0 Å². The van der Waals surface area contributed by atoms with Crippen molar-refractivity contribution in [3.05, 3.63) is 23.9 Å². The first-order valence-corrected chi connectivity index (χ1v) is 6.39. The number of amides is 1. The molecule has 2 heterocycles. The summed E-state index contributed by atoms with van der Waals surface area (Å²) in [4.78, 5) is 15.9. The van der Waals surface area contributed by atoms with E-state index in [4.69, 9.17) is 14.6 Å². The van der Waals surface area contributed by atoms with Crippen molar-refractivity contribution in [1.82, 2.24) is 10.3 Å². The quantitative estimate of drug-likeness (QED) is 0.727. The Morgan fingerprint density at radius 3 is 3.26 bits per heavy atom. The molecule has 0 radical (unpaired) electrons. The van der Waals surface area contributed by atoms with Crippen LogP contribution in [0.4, 0.5) is 0 Å². The Morgan fingerprint density at radius 1 is 1.63 bits per heavy atom. The maximum Gasteiger partial charge on any atom is 0.251 e. The Kier molecular flexibility index (Phi) is 5.11. The van der Waals surface area contributed by atoms with E-state index in [1.165, 1.54) is 0 Å². The summed E-state index contributed by atoms with van der Waals surface area (Å²) in [7, 11) is 0. The summed E-state index contributed by atoms with van der Waals surface area (Å²) in [5, 5.41) is 11.4. The molecule has 6 nitrogen and oxygen atoms in total. The van der Waals surface area contributed by atoms with Gasteiger partial charge in [-0.25, -0.2) is 4.98 Å². The zero-order chi connectivity index (χ0) is 13.5. The van der Waals surface area contributed by atoms with Gasteiger partial charge in [0.05, 0.1) is 13.2 Å². The summed E-state index contributed by atoms with van der Waals surface area (Å²) >= 11 is 0. The van der Waals surface area contributed by atoms with Crippen molar-refractivity contribution < 1.29 is 19.4 Å². The third-order valence-electron chi connectivity index (χ3n) is 2.79. The van der Waals surface area contributed by atoms with E-state index >= 15 is 0 Å². The third kappa shape index (κ3) is 4.18. The third-order valence-corrected chi connectivity index (χ3v) is 2.79. The lowest BCUT2D eigenvalue weighted by Crippen LogP contribution is -2.25. The van der Waals surface area contributed by atoms with Crippen LogP contribution in [0.15, 0.2) is 18.3 Å². The molecular formula is C13H18N2O4. The van der Waals surface area contributed by atoms with Gasteiger partial charge in [-0.05, 0) is 12.5 Å². The van der Waals surface area contributed by atoms with Gasteiger partial charge in [-0.1, -0.05) is 0 Å². The Bertz CT molecular complexity index is 419. The molecule has 1 aliphatic heterocycles. The summed E-state index contributed by atoms with van der Waals surface area (Å²) in [5.41, 5.74) is 0.502. The summed E-state index contributed by atoms with van der Waals surface area (Å²) in [6, 6.07) is 3.25. The summed E-state index contributed by atoms with van der Waals surface area (Å²) in [6.07, 6.45) is 2.94. The normalized spacial score (nSPS) is 18.3. The Labute approximate surface area is 111 Å². The van der Waals surface area contributed by atoms with E-state index in [2.05, 4.69) is 10.3 Å². The van der Waals surface area contributed by atoms with E-state index < -0.39 is 0 Å². The van der Waals surface area contributed by atoms with Crippen molar-refractivity contribution in [2.45, 2.75) is 18.9 Å². The van der Waals surface area contributed by atoms with Crippen molar-refractivity contribution in [3.63, 3.8) is 0 Å². The molecule has 1 aromatic heterocycles. The minimum atomic E-state index is -0.191. The molecule has 0 aromatic carbocycles. The van der Waals surface area contributed by atoms with Crippen LogP contribution < -0.4 is 10.1 Å². The van der Waals surface area contributed by atoms with Crippen LogP contribution in [0.3, 0.4) is 0 Å². The van der Waals surface area contributed by atoms with Gasteiger partial charge in [0.2, 0.25) is 5.88 Å². The van der Waals surface area contributed by atoms with Gasteiger partial charge in [0, 0.05) is 37.4 Å². The zero-order valence-electron chi connectivity index (χ0n) is 10.7. The van der Waals surface area contributed by atoms with Gasteiger partial charge in [-0.3, -0.25) is 4.79 Å². The SMILES string of the molecule is O=C(NCCCO)c1ccnc(OC2CCOC2)c1. The van der Waals surface area contributed by atoms with E-state index in [0.717, 1.165) is 6.42 Å². The van der Waals surface area contributed by atoms with Crippen LogP contribution >= 0.6 is 0 Å². The van der Waals surface area contributed by atoms with E-state index in [9.17, 15) is 4.79 Å². The first-order valence-electron chi connectivity index (χ1n) is 6.39. The number of aliphatic hydroxyl groups is 1. The second-order valence-electron chi connectivity index (χ2n) is 4.32. The molecule has 0 bridgehead atoms. The van der Waals surface area contributed by atoms with Crippen molar-refractivity contribution in [3.8, 4) is 5.88 Å². The molecule has 1 atom stereocenters. The zero-order valence-corrected chi connectivity index (χ0v) is 10.7. The number of ether oxygens (including phenoxy) is 2. The minimum Gasteiger partial charge on any atom is -0.472 e. The van der Waals surface area contributed by atoms with Crippen LogP contribution in [0.2, 0.25) is 0 Å². The molecule has 2 N–H and O–H groups in total. The molecule has 1 saturated heterocycles. The number of hydrogen-bond acceptors (Lipinski definition) is 5. The van der Waals surface area contributed by atoms with Gasteiger partial charge < -0.3 is 19.9 Å². The van der Waals surface area contributed by atoms with Crippen LogP contribution in [-0.4, -0.2) is 48.5 Å². The number of hydrogen-bond donors (Lipinski definition) is 2. The highest BCUT2D eigenvalue weighted by Crippen LogP contribution is 2.15. The molecule has 0 aliphatic carbocycles. The monoisotopic (exact) mass is 266 g/mol. The molecule has 1 fully saturated rings. The lowest BCUT2D eigenvalue weighted by molar-refractivity contribution is 0.0949. The number of carbonyl (C=O) groups is 1. The molecule has 104 valence electrons. The maximum absolute atomic E-state index is 11.8. The predicted octanol–water partition coefficient (Wildman–Crippen LogP) is 0.361. The Hall–Kier alpha value is -1.66. The van der Waals surface area contributed by atoms with Crippen molar-refractivity contribution >= 4 is 5.91 Å². The number of rotatable bonds is 6. The minimum absolute atomic E-state index is 0.0141. The summed E-state index contributed by atoms with van der Waals surface area (Å²) in [6.45, 7) is 1.78. The fraction of sp³-hybridized carbons (Fsp3) is 0.538. The number of pyridine rings is 1. The number of carbonyl (C=O) groups excluding carboxylic acids is 1. The molecule has 0 spiro atoms. The maximum atomic E-state index is 11.8. The predicted molar refractivity (Wildman–Crippen MR) is 68.1 cm³/mol. The highest BCUT2D eigenvalue weighted by atomic mass is 16.5. The van der Waals surface area contributed by atoms with Gasteiger partial charge in [0.1, 0.15) is 6.10 Å². The first-order chi connectivity index (χ1) is 9.29. The standard InChI is InChI=1S/C13H18N2O4/c16-6-1-4-15-13(17)10-2-5-14-12(8-10)19-11-3-7-18-9-11/h2,5,8,11,16H,1,3-4,6-7,9H2,(H,15,17). The molecule has 6 heteroatoms. The molecule has 1 amide bonds. The van der Waals surface area contributed by atoms with Crippen LogP contribution in [0, 0.1) is 0 Å². The number of aliphatic hydroxyl groups excluding tert-OH is 1. The second kappa shape index (κ2) is 7.06. The van der Waals surface area contributed by atoms with Crippen molar-refractivity contribution in [1.29, 1.82) is 0 Å². The Balaban J connectivity index is 1.91. The smallest absolute Gasteiger partial charge is 0.251 e. The van der Waals surface area contributed by atoms with Gasteiger partial charge in [0.25, 0.3) is 5.91 Å². The number of nitrogens with one attached hydrogen (secondary N) is 1. The molecule has 2 rings (SSSR count). The largest absolute Gasteiger partial charge is 0.472 e. The second-order valence-corrected chi connectivity index (χ2v) is 4.32. The van der Waals surface area contributed by atoms with Gasteiger partial charge in [0.15, 0.2) is 0 Å². The summed E-state index contributed by atoms with van der Waals surface area (Å²) < 4.78 is 10.9. The average molecular weight is 266 g/mol. The number of nitrogens with zero attached hydrogens (tertiary/aromatic N) is 1. The highest BCUT2D eigenvalue weighted by Gasteiger charge is 2.18. The van der Waals surface area contributed by atoms with E-state index in [1.807, 2.05) is 0 Å². The first kappa shape index (κ1) is 13.8. The lowest BCUT2D eigenvalue weighted by Gasteiger charge is -2.11. The van der Waals surface area contributed by atoms with E-state index in [-0.39, 0.29) is 18.6 Å². The van der Waals surface area contributed by atoms with Crippen LogP contribution in [0.25, 0.3) is 0 Å².